The molecule has 1 heteroatoms. The van der Waals surface area contributed by atoms with E-state index >= 15 is 0 Å². The molecule has 0 N–H and O–H groups in total. The molecule has 0 saturated heterocycles. The third-order valence-electron chi connectivity index (χ3n) is 2.05. The fourth-order valence-electron chi connectivity index (χ4n) is 1.42. The Morgan fingerprint density at radius 1 is 1.22 bits per heavy atom. The van der Waals surface area contributed by atoms with Gasteiger partial charge in [0.25, 0.3) is 0 Å². The van der Waals surface area contributed by atoms with E-state index in [0.717, 1.165) is 30.3 Å². The zero-order valence-electron chi connectivity index (χ0n) is 7.11. The van der Waals surface area contributed by atoms with Crippen molar-refractivity contribution >= 4 is 24.4 Å². The fraction of sp³-hybridized carbons (Fsp3) is 1.00. The molecule has 0 atom stereocenters. The molecule has 0 aromatic heterocycles. The van der Waals surface area contributed by atoms with Gasteiger partial charge < -0.3 is 0 Å². The normalized spacial score (nSPS) is 18.9. The van der Waals surface area contributed by atoms with Crippen LogP contribution in [0.25, 0.3) is 0 Å². The zero-order chi connectivity index (χ0) is 7.11. The first-order valence-electron chi connectivity index (χ1n) is 4.43. The van der Waals surface area contributed by atoms with Crippen LogP contribution in [0.4, 0.5) is 0 Å². The van der Waals surface area contributed by atoms with Crippen LogP contribution in [0.15, 0.2) is 0 Å². The van der Waals surface area contributed by atoms with Gasteiger partial charge in [0.2, 0.25) is 0 Å². The Morgan fingerprint density at radius 3 is 1.89 bits per heavy atom. The van der Waals surface area contributed by atoms with Gasteiger partial charge in [-0.15, -0.1) is 0 Å². The van der Waals surface area contributed by atoms with Crippen molar-refractivity contribution in [3.8, 4) is 0 Å². The first kappa shape index (κ1) is 9.87. The third-order valence-corrected chi connectivity index (χ3v) is 2.05. The zero-order valence-corrected chi connectivity index (χ0v) is 12.8. The van der Waals surface area contributed by atoms with E-state index in [9.17, 15) is 0 Å². The third kappa shape index (κ3) is 4.30. The first-order valence-corrected chi connectivity index (χ1v) is 10.1. The van der Waals surface area contributed by atoms with E-state index in [4.69, 9.17) is 0 Å². The van der Waals surface area contributed by atoms with Crippen molar-refractivity contribution in [2.75, 3.05) is 0 Å². The van der Waals surface area contributed by atoms with E-state index in [1.54, 1.807) is 0 Å². The summed E-state index contributed by atoms with van der Waals surface area (Å²) in [5, 5.41) is 0. The Kier molecular flexibility index (Phi) is 7.66. The molecular weight excluding hydrogens is 211 g/mol. The molecule has 0 unspecified atom stereocenters. The maximum absolute atomic E-state index is 2.30. The van der Waals surface area contributed by atoms with Crippen LogP contribution in [-0.2, 0) is 0 Å². The molecule has 0 aromatic carbocycles. The molecular formula is C8H19In. The van der Waals surface area contributed by atoms with Crippen LogP contribution in [0, 0.1) is 5.92 Å². The van der Waals surface area contributed by atoms with Gasteiger partial charge in [-0.2, -0.15) is 0 Å². The van der Waals surface area contributed by atoms with Crippen LogP contribution < -0.4 is 0 Å². The van der Waals surface area contributed by atoms with E-state index in [-0.39, 0.29) is 0 Å². The summed E-state index contributed by atoms with van der Waals surface area (Å²) in [4.78, 5) is 0. The summed E-state index contributed by atoms with van der Waals surface area (Å²) in [5.74, 6) is 1.10. The van der Waals surface area contributed by atoms with E-state index in [2.05, 4.69) is 11.6 Å². The molecule has 9 heavy (non-hydrogen) atoms. The summed E-state index contributed by atoms with van der Waals surface area (Å²) in [6.45, 7) is 2.30. The van der Waals surface area contributed by atoms with Crippen molar-refractivity contribution in [3.63, 3.8) is 0 Å². The summed E-state index contributed by atoms with van der Waals surface area (Å²) in [6.07, 6.45) is 7.43. The molecule has 0 bridgehead atoms. The molecule has 1 fully saturated rings. The Labute approximate surface area is 74.0 Å². The molecule has 1 aliphatic rings. The van der Waals surface area contributed by atoms with Gasteiger partial charge in [0.1, 0.15) is 0 Å². The summed E-state index contributed by atoms with van der Waals surface area (Å²) < 4.78 is 2.21. The molecule has 1 aliphatic carbocycles. The molecule has 54 valence electrons. The Morgan fingerprint density at radius 2 is 1.67 bits per heavy atom. The Bertz CT molecular complexity index is 46.5. The molecule has 0 radical (unpaired) electrons. The molecule has 0 nitrogen and oxygen atoms in total. The summed E-state index contributed by atoms with van der Waals surface area (Å²) in [7, 11) is 0. The van der Waals surface area contributed by atoms with Gasteiger partial charge in [-0.05, 0) is 5.92 Å². The monoisotopic (exact) mass is 230 g/mol. The second kappa shape index (κ2) is 6.98. The number of hydrogen-bond donors (Lipinski definition) is 0. The van der Waals surface area contributed by atoms with Gasteiger partial charge in [-0.25, -0.2) is 0 Å². The van der Waals surface area contributed by atoms with Gasteiger partial charge in [-0.1, -0.05) is 39.0 Å². The Balaban J connectivity index is 0.000000291. The SMILES string of the molecule is CCC1CCCC1.[CH3][InH2]. The van der Waals surface area contributed by atoms with Crippen molar-refractivity contribution in [2.24, 2.45) is 5.92 Å². The molecule has 0 amide bonds. The molecule has 0 aromatic rings. The Hall–Kier alpha value is 0.870. The van der Waals surface area contributed by atoms with Crippen LogP contribution in [-0.4, -0.2) is 24.4 Å². The average Bonchev–Trinajstić information content (AvgIpc) is 2.43. The summed E-state index contributed by atoms with van der Waals surface area (Å²) in [6, 6.07) is 0. The predicted octanol–water partition coefficient (Wildman–Crippen LogP) is 2.25. The minimum atomic E-state index is 0.950. The minimum absolute atomic E-state index is 0.950. The van der Waals surface area contributed by atoms with Gasteiger partial charge in [0.15, 0.2) is 0 Å². The van der Waals surface area contributed by atoms with Crippen LogP contribution in [0.5, 0.6) is 0 Å². The number of rotatable bonds is 1. The van der Waals surface area contributed by atoms with Crippen LogP contribution in [0.1, 0.15) is 39.0 Å². The molecule has 0 spiro atoms. The van der Waals surface area contributed by atoms with Crippen LogP contribution in [0.2, 0.25) is 4.68 Å². The predicted molar refractivity (Wildman–Crippen MR) is 46.7 cm³/mol. The van der Waals surface area contributed by atoms with Crippen molar-refractivity contribution in [2.45, 2.75) is 43.7 Å². The summed E-state index contributed by atoms with van der Waals surface area (Å²) in [5.41, 5.74) is 0. The van der Waals surface area contributed by atoms with Gasteiger partial charge >= 0.3 is 29.1 Å². The molecule has 1 saturated carbocycles. The summed E-state index contributed by atoms with van der Waals surface area (Å²) >= 11 is 0.950. The maximum atomic E-state index is 2.30. The second-order valence-electron chi connectivity index (χ2n) is 2.56. The van der Waals surface area contributed by atoms with E-state index < -0.39 is 0 Å². The van der Waals surface area contributed by atoms with Gasteiger partial charge in [-0.3, -0.25) is 0 Å². The van der Waals surface area contributed by atoms with Crippen LogP contribution in [0.3, 0.4) is 0 Å². The number of hydrogen-bond acceptors (Lipinski definition) is 0. The molecule has 0 aliphatic heterocycles. The fourth-order valence-corrected chi connectivity index (χ4v) is 1.42. The van der Waals surface area contributed by atoms with Crippen molar-refractivity contribution < 1.29 is 0 Å². The van der Waals surface area contributed by atoms with E-state index in [0.29, 0.717) is 0 Å². The second-order valence-corrected chi connectivity index (χ2v) is 2.56. The van der Waals surface area contributed by atoms with Crippen molar-refractivity contribution in [1.82, 2.24) is 0 Å². The van der Waals surface area contributed by atoms with Crippen LogP contribution >= 0.6 is 0 Å². The van der Waals surface area contributed by atoms with Crippen molar-refractivity contribution in [1.29, 1.82) is 0 Å². The first-order chi connectivity index (χ1) is 4.43. The molecule has 0 heterocycles. The van der Waals surface area contributed by atoms with Gasteiger partial charge in [0.05, 0.1) is 0 Å². The topological polar surface area (TPSA) is 0 Å². The van der Waals surface area contributed by atoms with Gasteiger partial charge in [0, 0.05) is 0 Å². The standard InChI is InChI=1S/C7H14.CH3.In.2H/c1-2-7-5-3-4-6-7;;;;/h7H,2-6H2,1H3;1H3;;;. The molecule has 1 rings (SSSR count). The quantitative estimate of drug-likeness (QED) is 0.648. The van der Waals surface area contributed by atoms with E-state index in [1.165, 1.54) is 32.1 Å². The van der Waals surface area contributed by atoms with Crippen molar-refractivity contribution in [3.05, 3.63) is 0 Å². The van der Waals surface area contributed by atoms with E-state index in [1.807, 2.05) is 0 Å². The average molecular weight is 230 g/mol.